The molecule has 0 aromatic rings. The van der Waals surface area contributed by atoms with Gasteiger partial charge in [-0.1, -0.05) is 122 Å². The van der Waals surface area contributed by atoms with E-state index in [1.165, 1.54) is 122 Å². The molecule has 0 aliphatic rings. The Labute approximate surface area is 172 Å². The van der Waals surface area contributed by atoms with Crippen molar-refractivity contribution in [3.05, 3.63) is 12.2 Å². The Balaban J connectivity index is 3.16. The fourth-order valence-electron chi connectivity index (χ4n) is 3.76. The van der Waals surface area contributed by atoms with Gasteiger partial charge >= 0.3 is 0 Å². The predicted octanol–water partition coefficient (Wildman–Crippen LogP) is 9.14. The highest BCUT2D eigenvalue weighted by Gasteiger charge is 2.03. The zero-order chi connectivity index (χ0) is 19.8. The molecular weight excluding hydrogens is 328 g/mol. The second kappa shape index (κ2) is 23.7. The monoisotopic (exact) mass is 380 g/mol. The first kappa shape index (κ1) is 26.7. The summed E-state index contributed by atoms with van der Waals surface area (Å²) in [6.45, 7) is 4.53. The highest BCUT2D eigenvalue weighted by Crippen LogP contribution is 2.14. The maximum absolute atomic E-state index is 10.0. The van der Waals surface area contributed by atoms with Gasteiger partial charge in [-0.3, -0.25) is 0 Å². The lowest BCUT2D eigenvalue weighted by Crippen LogP contribution is -2.05. The molecule has 0 aromatic carbocycles. The van der Waals surface area contributed by atoms with E-state index in [9.17, 15) is 5.11 Å². The largest absolute Gasteiger partial charge is 0.393 e. The molecule has 27 heavy (non-hydrogen) atoms. The molecule has 162 valence electrons. The van der Waals surface area contributed by atoms with Crippen LogP contribution in [0.3, 0.4) is 0 Å². The molecule has 0 aliphatic heterocycles. The van der Waals surface area contributed by atoms with Crippen molar-refractivity contribution < 1.29 is 5.11 Å². The summed E-state index contributed by atoms with van der Waals surface area (Å²) in [6.07, 6.45) is 32.3. The first-order valence-electron chi connectivity index (χ1n) is 12.6. The SMILES string of the molecule is CCCCCCCC/C=C\CCCCCCCCC(O)CCCCCCC. The van der Waals surface area contributed by atoms with Gasteiger partial charge in [-0.25, -0.2) is 0 Å². The van der Waals surface area contributed by atoms with Crippen LogP contribution in [0.4, 0.5) is 0 Å². The summed E-state index contributed by atoms with van der Waals surface area (Å²) in [6, 6.07) is 0. The molecule has 0 rings (SSSR count). The van der Waals surface area contributed by atoms with Crippen molar-refractivity contribution in [2.45, 2.75) is 155 Å². The minimum atomic E-state index is -0.0385. The van der Waals surface area contributed by atoms with Crippen molar-refractivity contribution in [2.75, 3.05) is 0 Å². The number of hydrogen-bond acceptors (Lipinski definition) is 1. The summed E-state index contributed by atoms with van der Waals surface area (Å²) < 4.78 is 0. The third-order valence-electron chi connectivity index (χ3n) is 5.69. The van der Waals surface area contributed by atoms with Crippen LogP contribution in [0.2, 0.25) is 0 Å². The molecule has 0 saturated carbocycles. The molecule has 1 atom stereocenters. The minimum absolute atomic E-state index is 0.0385. The molecule has 0 heterocycles. The normalized spacial score (nSPS) is 12.9. The van der Waals surface area contributed by atoms with Crippen molar-refractivity contribution in [1.29, 1.82) is 0 Å². The summed E-state index contributed by atoms with van der Waals surface area (Å²) >= 11 is 0. The molecule has 1 heteroatoms. The molecule has 1 nitrogen and oxygen atoms in total. The Bertz CT molecular complexity index is 284. The van der Waals surface area contributed by atoms with E-state index in [1.807, 2.05) is 0 Å². The van der Waals surface area contributed by atoms with Crippen LogP contribution in [0.5, 0.6) is 0 Å². The Hall–Kier alpha value is -0.300. The maximum atomic E-state index is 10.0. The third kappa shape index (κ3) is 23.7. The Morgan fingerprint density at radius 2 is 0.815 bits per heavy atom. The van der Waals surface area contributed by atoms with Crippen molar-refractivity contribution >= 4 is 0 Å². The van der Waals surface area contributed by atoms with E-state index in [0.29, 0.717) is 0 Å². The van der Waals surface area contributed by atoms with Gasteiger partial charge in [0, 0.05) is 0 Å². The quantitative estimate of drug-likeness (QED) is 0.147. The summed E-state index contributed by atoms with van der Waals surface area (Å²) in [7, 11) is 0. The number of hydrogen-bond donors (Lipinski definition) is 1. The van der Waals surface area contributed by atoms with Crippen LogP contribution < -0.4 is 0 Å². The van der Waals surface area contributed by atoms with Gasteiger partial charge < -0.3 is 5.11 Å². The third-order valence-corrected chi connectivity index (χ3v) is 5.69. The molecule has 0 bridgehead atoms. The molecule has 0 aromatic heterocycles. The number of aliphatic hydroxyl groups is 1. The second-order valence-electron chi connectivity index (χ2n) is 8.58. The van der Waals surface area contributed by atoms with Crippen LogP contribution in [-0.4, -0.2) is 11.2 Å². The molecule has 1 unspecified atom stereocenters. The van der Waals surface area contributed by atoms with Gasteiger partial charge in [0.05, 0.1) is 6.10 Å². The highest BCUT2D eigenvalue weighted by atomic mass is 16.3. The number of rotatable bonds is 22. The van der Waals surface area contributed by atoms with E-state index in [4.69, 9.17) is 0 Å². The minimum Gasteiger partial charge on any atom is -0.393 e. The summed E-state index contributed by atoms with van der Waals surface area (Å²) in [5.74, 6) is 0. The fraction of sp³-hybridized carbons (Fsp3) is 0.923. The molecule has 0 aliphatic carbocycles. The lowest BCUT2D eigenvalue weighted by atomic mass is 10.0. The second-order valence-corrected chi connectivity index (χ2v) is 8.58. The first-order chi connectivity index (χ1) is 13.3. The van der Waals surface area contributed by atoms with Crippen molar-refractivity contribution in [1.82, 2.24) is 0 Å². The van der Waals surface area contributed by atoms with Crippen LogP contribution in [0.25, 0.3) is 0 Å². The smallest absolute Gasteiger partial charge is 0.0540 e. The lowest BCUT2D eigenvalue weighted by molar-refractivity contribution is 0.147. The molecule has 0 amide bonds. The molecule has 0 radical (unpaired) electrons. The van der Waals surface area contributed by atoms with Gasteiger partial charge in [-0.15, -0.1) is 0 Å². The van der Waals surface area contributed by atoms with E-state index in [-0.39, 0.29) is 6.10 Å². The van der Waals surface area contributed by atoms with E-state index < -0.39 is 0 Å². The van der Waals surface area contributed by atoms with Gasteiger partial charge in [0.25, 0.3) is 0 Å². The predicted molar refractivity (Wildman–Crippen MR) is 123 cm³/mol. The van der Waals surface area contributed by atoms with Crippen LogP contribution in [0.15, 0.2) is 12.2 Å². The topological polar surface area (TPSA) is 20.2 Å². The average molecular weight is 381 g/mol. The van der Waals surface area contributed by atoms with Gasteiger partial charge in [0.15, 0.2) is 0 Å². The standard InChI is InChI=1S/C26H52O/c1-3-5-7-9-10-11-12-13-14-15-16-17-18-19-21-23-25-26(27)24-22-20-8-6-4-2/h13-14,26-27H,3-12,15-25H2,1-2H3/b14-13-. The number of aliphatic hydroxyl groups excluding tert-OH is 1. The average Bonchev–Trinajstić information content (AvgIpc) is 2.67. The molecular formula is C26H52O. The molecule has 0 spiro atoms. The summed E-state index contributed by atoms with van der Waals surface area (Å²) in [4.78, 5) is 0. The van der Waals surface area contributed by atoms with Crippen molar-refractivity contribution in [3.63, 3.8) is 0 Å². The van der Waals surface area contributed by atoms with E-state index in [0.717, 1.165) is 12.8 Å². The van der Waals surface area contributed by atoms with Crippen molar-refractivity contribution in [2.24, 2.45) is 0 Å². The van der Waals surface area contributed by atoms with Crippen LogP contribution in [-0.2, 0) is 0 Å². The maximum Gasteiger partial charge on any atom is 0.0540 e. The van der Waals surface area contributed by atoms with E-state index in [2.05, 4.69) is 26.0 Å². The van der Waals surface area contributed by atoms with Gasteiger partial charge in [0.2, 0.25) is 0 Å². The van der Waals surface area contributed by atoms with Gasteiger partial charge in [-0.2, -0.15) is 0 Å². The first-order valence-corrected chi connectivity index (χ1v) is 12.6. The number of allylic oxidation sites excluding steroid dienone is 2. The lowest BCUT2D eigenvalue weighted by Gasteiger charge is -2.10. The van der Waals surface area contributed by atoms with E-state index in [1.54, 1.807) is 0 Å². The Morgan fingerprint density at radius 3 is 1.22 bits per heavy atom. The van der Waals surface area contributed by atoms with Crippen LogP contribution in [0, 0.1) is 0 Å². The van der Waals surface area contributed by atoms with Gasteiger partial charge in [0.1, 0.15) is 0 Å². The molecule has 1 N–H and O–H groups in total. The van der Waals surface area contributed by atoms with Gasteiger partial charge in [-0.05, 0) is 38.5 Å². The summed E-state index contributed by atoms with van der Waals surface area (Å²) in [5.41, 5.74) is 0. The molecule has 0 saturated heterocycles. The number of unbranched alkanes of at least 4 members (excludes halogenated alkanes) is 16. The highest BCUT2D eigenvalue weighted by molar-refractivity contribution is 4.81. The zero-order valence-electron chi connectivity index (χ0n) is 19.0. The van der Waals surface area contributed by atoms with E-state index >= 15 is 0 Å². The zero-order valence-corrected chi connectivity index (χ0v) is 19.0. The summed E-state index contributed by atoms with van der Waals surface area (Å²) in [5, 5.41) is 10.0. The Kier molecular flexibility index (Phi) is 23.5. The fourth-order valence-corrected chi connectivity index (χ4v) is 3.76. The molecule has 0 fully saturated rings. The Morgan fingerprint density at radius 1 is 0.481 bits per heavy atom. The van der Waals surface area contributed by atoms with Crippen LogP contribution >= 0.6 is 0 Å². The van der Waals surface area contributed by atoms with Crippen LogP contribution in [0.1, 0.15) is 149 Å². The van der Waals surface area contributed by atoms with Crippen molar-refractivity contribution in [3.8, 4) is 0 Å².